The van der Waals surface area contributed by atoms with Crippen molar-refractivity contribution >= 4 is 9.84 Å². The normalized spacial score (nSPS) is 16.6. The monoisotopic (exact) mass is 223 g/mol. The van der Waals surface area contributed by atoms with Gasteiger partial charge >= 0.3 is 0 Å². The predicted molar refractivity (Wildman–Crippen MR) is 58.0 cm³/mol. The molecule has 0 saturated carbocycles. The van der Waals surface area contributed by atoms with E-state index in [1.54, 1.807) is 14.0 Å². The molecule has 5 heteroatoms. The average molecular weight is 223 g/mol. The van der Waals surface area contributed by atoms with Gasteiger partial charge in [0, 0.05) is 19.8 Å². The van der Waals surface area contributed by atoms with Crippen LogP contribution in [-0.2, 0) is 14.6 Å². The fourth-order valence-corrected chi connectivity index (χ4v) is 2.57. The Morgan fingerprint density at radius 1 is 1.29 bits per heavy atom. The van der Waals surface area contributed by atoms with Crippen molar-refractivity contribution in [3.05, 3.63) is 0 Å². The van der Waals surface area contributed by atoms with E-state index in [9.17, 15) is 8.42 Å². The second-order valence-electron chi connectivity index (χ2n) is 3.73. The van der Waals surface area contributed by atoms with Crippen LogP contribution in [0.25, 0.3) is 0 Å². The molecule has 0 radical (unpaired) electrons. The highest BCUT2D eigenvalue weighted by molar-refractivity contribution is 7.92. The first kappa shape index (κ1) is 13.9. The zero-order valence-corrected chi connectivity index (χ0v) is 10.0. The number of rotatable bonds is 7. The maximum atomic E-state index is 11.6. The molecule has 0 bridgehead atoms. The Balaban J connectivity index is 4.04. The lowest BCUT2D eigenvalue weighted by Gasteiger charge is -2.13. The van der Waals surface area contributed by atoms with Crippen LogP contribution in [0.4, 0.5) is 0 Å². The highest BCUT2D eigenvalue weighted by Crippen LogP contribution is 2.08. The van der Waals surface area contributed by atoms with Crippen molar-refractivity contribution in [1.82, 2.24) is 0 Å². The average Bonchev–Trinajstić information content (AvgIpc) is 2.11. The first-order valence-electron chi connectivity index (χ1n) is 4.86. The van der Waals surface area contributed by atoms with Crippen molar-refractivity contribution in [3.8, 4) is 0 Å². The molecule has 0 aliphatic rings. The molecule has 0 aromatic heterocycles. The molecule has 0 saturated heterocycles. The largest absolute Gasteiger partial charge is 0.385 e. The maximum Gasteiger partial charge on any atom is 0.153 e. The lowest BCUT2D eigenvalue weighted by atomic mass is 10.3. The molecular formula is C9H21NO3S. The molecule has 86 valence electrons. The van der Waals surface area contributed by atoms with Gasteiger partial charge in [0.15, 0.2) is 9.84 Å². The van der Waals surface area contributed by atoms with Gasteiger partial charge in [-0.15, -0.1) is 0 Å². The lowest BCUT2D eigenvalue weighted by Crippen LogP contribution is -2.26. The number of sulfone groups is 1. The van der Waals surface area contributed by atoms with Crippen LogP contribution in [0.15, 0.2) is 0 Å². The van der Waals surface area contributed by atoms with Crippen LogP contribution in [0, 0.1) is 0 Å². The number of hydrogen-bond acceptors (Lipinski definition) is 4. The van der Waals surface area contributed by atoms with Gasteiger partial charge < -0.3 is 10.5 Å². The predicted octanol–water partition coefficient (Wildman–Crippen LogP) is 0.564. The van der Waals surface area contributed by atoms with E-state index >= 15 is 0 Å². The number of nitrogens with two attached hydrogens (primary N) is 1. The Hall–Kier alpha value is -0.130. The molecule has 0 heterocycles. The lowest BCUT2D eigenvalue weighted by molar-refractivity contribution is 0.194. The first-order chi connectivity index (χ1) is 6.40. The molecule has 0 rings (SSSR count). The van der Waals surface area contributed by atoms with Gasteiger partial charge in [-0.25, -0.2) is 8.42 Å². The molecule has 0 spiro atoms. The van der Waals surface area contributed by atoms with Gasteiger partial charge in [0.05, 0.1) is 11.0 Å². The standard InChI is InChI=1S/C9H21NO3S/c1-8(10)5-7-14(11,12)9(2)4-6-13-3/h8-9H,4-7,10H2,1-3H3. The number of ether oxygens (including phenoxy) is 1. The van der Waals surface area contributed by atoms with Crippen molar-refractivity contribution in [2.24, 2.45) is 5.73 Å². The molecule has 2 unspecified atom stereocenters. The molecular weight excluding hydrogens is 202 g/mol. The molecule has 0 aromatic carbocycles. The molecule has 2 N–H and O–H groups in total. The van der Waals surface area contributed by atoms with E-state index in [-0.39, 0.29) is 17.0 Å². The zero-order chi connectivity index (χ0) is 11.2. The quantitative estimate of drug-likeness (QED) is 0.685. The van der Waals surface area contributed by atoms with Gasteiger partial charge in [0.1, 0.15) is 0 Å². The van der Waals surface area contributed by atoms with Crippen molar-refractivity contribution in [3.63, 3.8) is 0 Å². The van der Waals surface area contributed by atoms with Gasteiger partial charge in [0.25, 0.3) is 0 Å². The molecule has 0 amide bonds. The van der Waals surface area contributed by atoms with Crippen molar-refractivity contribution in [2.45, 2.75) is 38.0 Å². The van der Waals surface area contributed by atoms with E-state index in [0.29, 0.717) is 19.4 Å². The first-order valence-corrected chi connectivity index (χ1v) is 6.57. The van der Waals surface area contributed by atoms with Crippen molar-refractivity contribution < 1.29 is 13.2 Å². The van der Waals surface area contributed by atoms with Gasteiger partial charge in [-0.05, 0) is 26.7 Å². The third kappa shape index (κ3) is 5.57. The molecule has 0 fully saturated rings. The van der Waals surface area contributed by atoms with E-state index in [2.05, 4.69) is 0 Å². The summed E-state index contributed by atoms with van der Waals surface area (Å²) in [6.07, 6.45) is 1.08. The summed E-state index contributed by atoms with van der Waals surface area (Å²) in [5.74, 6) is 0.176. The third-order valence-corrected chi connectivity index (χ3v) is 4.47. The van der Waals surface area contributed by atoms with E-state index in [4.69, 9.17) is 10.5 Å². The van der Waals surface area contributed by atoms with Gasteiger partial charge in [-0.2, -0.15) is 0 Å². The Morgan fingerprint density at radius 2 is 1.86 bits per heavy atom. The van der Waals surface area contributed by atoms with Crippen LogP contribution < -0.4 is 5.73 Å². The number of hydrogen-bond donors (Lipinski definition) is 1. The van der Waals surface area contributed by atoms with Gasteiger partial charge in [0.2, 0.25) is 0 Å². The van der Waals surface area contributed by atoms with Crippen LogP contribution in [0.5, 0.6) is 0 Å². The Morgan fingerprint density at radius 3 is 2.29 bits per heavy atom. The van der Waals surface area contributed by atoms with Crippen LogP contribution in [0.2, 0.25) is 0 Å². The topological polar surface area (TPSA) is 69.4 Å². The molecule has 0 aromatic rings. The third-order valence-electron chi connectivity index (χ3n) is 2.20. The number of methoxy groups -OCH3 is 1. The molecule has 14 heavy (non-hydrogen) atoms. The summed E-state index contributed by atoms with van der Waals surface area (Å²) >= 11 is 0. The summed E-state index contributed by atoms with van der Waals surface area (Å²) in [6, 6.07) is -0.0561. The molecule has 0 aliphatic carbocycles. The summed E-state index contributed by atoms with van der Waals surface area (Å²) < 4.78 is 28.1. The second kappa shape index (κ2) is 6.37. The Labute approximate surface area is 86.7 Å². The SMILES string of the molecule is COCCC(C)S(=O)(=O)CCC(C)N. The van der Waals surface area contributed by atoms with Crippen molar-refractivity contribution in [1.29, 1.82) is 0 Å². The smallest absolute Gasteiger partial charge is 0.153 e. The molecule has 2 atom stereocenters. The minimum absolute atomic E-state index is 0.0561. The Bertz CT molecular complexity index is 236. The van der Waals surface area contributed by atoms with Crippen LogP contribution in [0.3, 0.4) is 0 Å². The molecule has 4 nitrogen and oxygen atoms in total. The van der Waals surface area contributed by atoms with Crippen LogP contribution in [0.1, 0.15) is 26.7 Å². The fraction of sp³-hybridized carbons (Fsp3) is 1.00. The Kier molecular flexibility index (Phi) is 6.31. The highest BCUT2D eigenvalue weighted by atomic mass is 32.2. The van der Waals surface area contributed by atoms with Crippen LogP contribution in [-0.4, -0.2) is 39.2 Å². The summed E-state index contributed by atoms with van der Waals surface area (Å²) in [5.41, 5.74) is 5.51. The van der Waals surface area contributed by atoms with Gasteiger partial charge in [-0.3, -0.25) is 0 Å². The minimum atomic E-state index is -2.99. The summed E-state index contributed by atoms with van der Waals surface area (Å²) in [6.45, 7) is 4.02. The van der Waals surface area contributed by atoms with Crippen LogP contribution >= 0.6 is 0 Å². The second-order valence-corrected chi connectivity index (χ2v) is 6.26. The summed E-state index contributed by atoms with van der Waals surface area (Å²) in [7, 11) is -1.42. The highest BCUT2D eigenvalue weighted by Gasteiger charge is 2.20. The van der Waals surface area contributed by atoms with E-state index in [0.717, 1.165) is 0 Å². The van der Waals surface area contributed by atoms with E-state index < -0.39 is 9.84 Å². The fourth-order valence-electron chi connectivity index (χ4n) is 1.01. The maximum absolute atomic E-state index is 11.6. The van der Waals surface area contributed by atoms with Crippen molar-refractivity contribution in [2.75, 3.05) is 19.5 Å². The van der Waals surface area contributed by atoms with E-state index in [1.807, 2.05) is 6.92 Å². The molecule has 0 aliphatic heterocycles. The zero-order valence-electron chi connectivity index (χ0n) is 9.19. The summed E-state index contributed by atoms with van der Waals surface area (Å²) in [4.78, 5) is 0. The van der Waals surface area contributed by atoms with Gasteiger partial charge in [-0.1, -0.05) is 0 Å². The summed E-state index contributed by atoms with van der Waals surface area (Å²) in [5, 5.41) is -0.332. The van der Waals surface area contributed by atoms with E-state index in [1.165, 1.54) is 0 Å². The minimum Gasteiger partial charge on any atom is -0.385 e.